The van der Waals surface area contributed by atoms with Crippen LogP contribution < -0.4 is 5.43 Å². The quantitative estimate of drug-likeness (QED) is 0.857. The van der Waals surface area contributed by atoms with Crippen LogP contribution in [0.25, 0.3) is 0 Å². The fourth-order valence-corrected chi connectivity index (χ4v) is 1.82. The second-order valence-electron chi connectivity index (χ2n) is 4.18. The zero-order chi connectivity index (χ0) is 13.8. The maximum atomic E-state index is 11.9. The van der Waals surface area contributed by atoms with Crippen molar-refractivity contribution in [1.29, 1.82) is 0 Å². The van der Waals surface area contributed by atoms with Gasteiger partial charge in [0.1, 0.15) is 5.56 Å². The van der Waals surface area contributed by atoms with Crippen LogP contribution in [0.5, 0.6) is 0 Å². The molecule has 100 valence electrons. The summed E-state index contributed by atoms with van der Waals surface area (Å²) in [7, 11) is 0. The molecule has 0 aromatic carbocycles. The number of ether oxygens (including phenoxy) is 1. The molecule has 5 nitrogen and oxygen atoms in total. The van der Waals surface area contributed by atoms with Crippen molar-refractivity contribution in [2.24, 2.45) is 0 Å². The van der Waals surface area contributed by atoms with Gasteiger partial charge in [0.25, 0.3) is 0 Å². The molecule has 2 heterocycles. The van der Waals surface area contributed by atoms with Crippen LogP contribution in [-0.4, -0.2) is 22.2 Å². The maximum Gasteiger partial charge on any atom is 0.341 e. The van der Waals surface area contributed by atoms with Gasteiger partial charge in [-0.3, -0.25) is 10.1 Å². The summed E-state index contributed by atoms with van der Waals surface area (Å²) in [5.74, 6) is 0.115. The van der Waals surface area contributed by atoms with Crippen molar-refractivity contribution in [2.45, 2.75) is 20.8 Å². The Balaban J connectivity index is 2.33. The molecule has 0 saturated carbocycles. The minimum absolute atomic E-state index is 0.342. The van der Waals surface area contributed by atoms with Crippen LogP contribution in [0.2, 0.25) is 0 Å². The first kappa shape index (κ1) is 13.1. The van der Waals surface area contributed by atoms with Gasteiger partial charge in [-0.05, 0) is 45.0 Å². The van der Waals surface area contributed by atoms with Crippen LogP contribution in [-0.2, 0) is 4.74 Å². The number of nitrogens with zero attached hydrogens (tertiary/aromatic N) is 2. The molecule has 2 rings (SSSR count). The molecule has 0 radical (unpaired) electrons. The molecule has 0 aliphatic rings. The van der Waals surface area contributed by atoms with Gasteiger partial charge in [-0.15, -0.1) is 0 Å². The van der Waals surface area contributed by atoms with Gasteiger partial charge in [-0.25, -0.2) is 9.78 Å². The van der Waals surface area contributed by atoms with Gasteiger partial charge >= 0.3 is 5.97 Å². The Morgan fingerprint density at radius 2 is 2.00 bits per heavy atom. The summed E-state index contributed by atoms with van der Waals surface area (Å²) in [6, 6.07) is 7.40. The summed E-state index contributed by atoms with van der Waals surface area (Å²) in [4.78, 5) is 16.1. The zero-order valence-electron chi connectivity index (χ0n) is 11.3. The average molecular weight is 259 g/mol. The second kappa shape index (κ2) is 5.56. The van der Waals surface area contributed by atoms with E-state index in [-0.39, 0.29) is 5.97 Å². The summed E-state index contributed by atoms with van der Waals surface area (Å²) in [6.07, 6.45) is 1.64. The number of pyridine rings is 1. The number of anilines is 1. The van der Waals surface area contributed by atoms with Gasteiger partial charge < -0.3 is 4.74 Å². The third-order valence-corrected chi connectivity index (χ3v) is 2.79. The van der Waals surface area contributed by atoms with E-state index in [9.17, 15) is 4.79 Å². The minimum Gasteiger partial charge on any atom is -0.462 e. The lowest BCUT2D eigenvalue weighted by atomic mass is 10.2. The van der Waals surface area contributed by atoms with E-state index in [0.717, 1.165) is 11.4 Å². The molecule has 0 fully saturated rings. The summed E-state index contributed by atoms with van der Waals surface area (Å²) in [6.45, 7) is 6.08. The Kier molecular flexibility index (Phi) is 3.85. The number of aromatic nitrogens is 2. The third kappa shape index (κ3) is 2.76. The number of rotatable bonds is 4. The number of esters is 1. The summed E-state index contributed by atoms with van der Waals surface area (Å²) in [5, 5.41) is 0. The highest BCUT2D eigenvalue weighted by Crippen LogP contribution is 2.15. The molecule has 19 heavy (non-hydrogen) atoms. The SMILES string of the molecule is CCOC(=O)c1cccnc1Nn1c(C)ccc1C. The molecular weight excluding hydrogens is 242 g/mol. The predicted molar refractivity (Wildman–Crippen MR) is 73.1 cm³/mol. The van der Waals surface area contributed by atoms with E-state index in [4.69, 9.17) is 4.74 Å². The Morgan fingerprint density at radius 1 is 1.32 bits per heavy atom. The number of nitrogens with one attached hydrogen (secondary N) is 1. The molecule has 5 heteroatoms. The van der Waals surface area contributed by atoms with Crippen LogP contribution >= 0.6 is 0 Å². The van der Waals surface area contributed by atoms with Crippen LogP contribution in [0.4, 0.5) is 5.82 Å². The van der Waals surface area contributed by atoms with Crippen LogP contribution in [0.15, 0.2) is 30.5 Å². The summed E-state index contributed by atoms with van der Waals surface area (Å²) < 4.78 is 6.90. The van der Waals surface area contributed by atoms with Crippen LogP contribution in [0.3, 0.4) is 0 Å². The van der Waals surface area contributed by atoms with Gasteiger partial charge in [-0.2, -0.15) is 0 Å². The van der Waals surface area contributed by atoms with E-state index in [1.807, 2.05) is 30.7 Å². The molecule has 0 spiro atoms. The van der Waals surface area contributed by atoms with E-state index in [0.29, 0.717) is 18.0 Å². The second-order valence-corrected chi connectivity index (χ2v) is 4.18. The monoisotopic (exact) mass is 259 g/mol. The van der Waals surface area contributed by atoms with E-state index < -0.39 is 0 Å². The molecule has 0 amide bonds. The Morgan fingerprint density at radius 3 is 2.63 bits per heavy atom. The Hall–Kier alpha value is -2.30. The van der Waals surface area contributed by atoms with Gasteiger partial charge in [0, 0.05) is 17.6 Å². The molecule has 0 aliphatic carbocycles. The predicted octanol–water partition coefficient (Wildman–Crippen LogP) is 2.55. The number of carbonyl (C=O) groups is 1. The first-order valence-corrected chi connectivity index (χ1v) is 6.17. The lowest BCUT2D eigenvalue weighted by Gasteiger charge is -2.14. The van der Waals surface area contributed by atoms with Gasteiger partial charge in [-0.1, -0.05) is 0 Å². The molecule has 2 aromatic rings. The number of hydrogen-bond donors (Lipinski definition) is 1. The van der Waals surface area contributed by atoms with Gasteiger partial charge in [0.2, 0.25) is 0 Å². The Bertz CT molecular complexity index is 571. The lowest BCUT2D eigenvalue weighted by molar-refractivity contribution is 0.0527. The molecule has 1 N–H and O–H groups in total. The largest absolute Gasteiger partial charge is 0.462 e. The number of aryl methyl sites for hydroxylation is 2. The third-order valence-electron chi connectivity index (χ3n) is 2.79. The van der Waals surface area contributed by atoms with E-state index in [1.54, 1.807) is 25.3 Å². The van der Waals surface area contributed by atoms with Crippen molar-refractivity contribution in [2.75, 3.05) is 12.0 Å². The number of hydrogen-bond acceptors (Lipinski definition) is 4. The first-order chi connectivity index (χ1) is 9.13. The highest BCUT2D eigenvalue weighted by atomic mass is 16.5. The molecule has 0 atom stereocenters. The van der Waals surface area contributed by atoms with Crippen molar-refractivity contribution < 1.29 is 9.53 Å². The highest BCUT2D eigenvalue weighted by molar-refractivity contribution is 5.94. The van der Waals surface area contributed by atoms with Gasteiger partial charge in [0.05, 0.1) is 6.61 Å². The van der Waals surface area contributed by atoms with Crippen molar-refractivity contribution >= 4 is 11.8 Å². The molecule has 0 saturated heterocycles. The molecule has 0 bridgehead atoms. The van der Waals surface area contributed by atoms with Crippen molar-refractivity contribution in [1.82, 2.24) is 9.66 Å². The summed E-state index contributed by atoms with van der Waals surface area (Å²) in [5.41, 5.74) is 5.64. The molecule has 2 aromatic heterocycles. The smallest absolute Gasteiger partial charge is 0.341 e. The Labute approximate surface area is 112 Å². The number of carbonyl (C=O) groups excluding carboxylic acids is 1. The van der Waals surface area contributed by atoms with E-state index in [2.05, 4.69) is 10.4 Å². The molecular formula is C14H17N3O2. The normalized spacial score (nSPS) is 10.3. The van der Waals surface area contributed by atoms with Gasteiger partial charge in [0.15, 0.2) is 5.82 Å². The van der Waals surface area contributed by atoms with E-state index in [1.165, 1.54) is 0 Å². The first-order valence-electron chi connectivity index (χ1n) is 6.17. The summed E-state index contributed by atoms with van der Waals surface area (Å²) >= 11 is 0. The van der Waals surface area contributed by atoms with Crippen molar-refractivity contribution in [3.05, 3.63) is 47.4 Å². The average Bonchev–Trinajstić information content (AvgIpc) is 2.71. The van der Waals surface area contributed by atoms with Crippen LogP contribution in [0, 0.1) is 13.8 Å². The molecule has 0 unspecified atom stereocenters. The van der Waals surface area contributed by atoms with Crippen LogP contribution in [0.1, 0.15) is 28.7 Å². The van der Waals surface area contributed by atoms with E-state index >= 15 is 0 Å². The fraction of sp³-hybridized carbons (Fsp3) is 0.286. The standard InChI is InChI=1S/C14H17N3O2/c1-4-19-14(18)12-6-5-9-15-13(12)16-17-10(2)7-8-11(17)3/h5-9H,4H2,1-3H3,(H,15,16). The maximum absolute atomic E-state index is 11.9. The fourth-order valence-electron chi connectivity index (χ4n) is 1.82. The van der Waals surface area contributed by atoms with Crippen molar-refractivity contribution in [3.63, 3.8) is 0 Å². The molecule has 0 aliphatic heterocycles. The highest BCUT2D eigenvalue weighted by Gasteiger charge is 2.14. The zero-order valence-corrected chi connectivity index (χ0v) is 11.3. The minimum atomic E-state index is -0.374. The topological polar surface area (TPSA) is 56.1 Å². The van der Waals surface area contributed by atoms with Crippen molar-refractivity contribution in [3.8, 4) is 0 Å². The lowest BCUT2D eigenvalue weighted by Crippen LogP contribution is -2.17.